The second kappa shape index (κ2) is 5.99. The maximum Gasteiger partial charge on any atom is 0.263 e. The van der Waals surface area contributed by atoms with Crippen molar-refractivity contribution in [3.8, 4) is 0 Å². The van der Waals surface area contributed by atoms with Crippen molar-refractivity contribution in [3.05, 3.63) is 44.9 Å². The summed E-state index contributed by atoms with van der Waals surface area (Å²) in [5.41, 5.74) is 3.61. The van der Waals surface area contributed by atoms with Crippen LogP contribution in [0.25, 0.3) is 0 Å². The average Bonchev–Trinajstić information content (AvgIpc) is 2.93. The monoisotopic (exact) mass is 314 g/mol. The zero-order valence-electron chi connectivity index (χ0n) is 14.6. The Morgan fingerprint density at radius 1 is 1.26 bits per heavy atom. The van der Waals surface area contributed by atoms with Crippen LogP contribution in [0.4, 0.5) is 0 Å². The molecule has 1 aliphatic heterocycles. The largest absolute Gasteiger partial charge is 0.338 e. The van der Waals surface area contributed by atoms with Gasteiger partial charge in [0.05, 0.1) is 0 Å². The van der Waals surface area contributed by atoms with Crippen LogP contribution in [-0.4, -0.2) is 28.5 Å². The molecular formula is C19H26N2O2. The molecule has 0 unspecified atom stereocenters. The highest BCUT2D eigenvalue weighted by atomic mass is 16.2. The van der Waals surface area contributed by atoms with Crippen LogP contribution in [0.1, 0.15) is 48.3 Å². The first kappa shape index (κ1) is 16.0. The fraction of sp³-hybridized carbons (Fsp3) is 0.579. The van der Waals surface area contributed by atoms with Crippen LogP contribution in [0.15, 0.2) is 22.5 Å². The lowest BCUT2D eigenvalue weighted by atomic mass is 9.83. The third-order valence-electron chi connectivity index (χ3n) is 5.54. The first-order valence-electron chi connectivity index (χ1n) is 8.56. The number of hydrogen-bond acceptors (Lipinski definition) is 2. The number of carbonyl (C=O) groups excluding carboxylic acids is 1. The Labute approximate surface area is 137 Å². The Balaban J connectivity index is 1.87. The maximum absolute atomic E-state index is 12.9. The van der Waals surface area contributed by atoms with Crippen molar-refractivity contribution in [1.82, 2.24) is 9.47 Å². The summed E-state index contributed by atoms with van der Waals surface area (Å²) in [7, 11) is 1.77. The van der Waals surface area contributed by atoms with Gasteiger partial charge < -0.3 is 9.47 Å². The average molecular weight is 314 g/mol. The maximum atomic E-state index is 12.9. The lowest BCUT2D eigenvalue weighted by molar-refractivity contribution is 0.0781. The van der Waals surface area contributed by atoms with Crippen LogP contribution >= 0.6 is 0 Å². The van der Waals surface area contributed by atoms with Crippen LogP contribution in [0, 0.1) is 18.8 Å². The first-order chi connectivity index (χ1) is 10.9. The van der Waals surface area contributed by atoms with Gasteiger partial charge in [0.15, 0.2) is 0 Å². The first-order valence-corrected chi connectivity index (χ1v) is 8.56. The van der Waals surface area contributed by atoms with Crippen molar-refractivity contribution in [3.63, 3.8) is 0 Å². The summed E-state index contributed by atoms with van der Waals surface area (Å²) in [6.07, 6.45) is 5.24. The van der Waals surface area contributed by atoms with Crippen molar-refractivity contribution >= 4 is 5.91 Å². The Hall–Kier alpha value is -1.84. The third kappa shape index (κ3) is 2.75. The third-order valence-corrected chi connectivity index (χ3v) is 5.54. The zero-order chi connectivity index (χ0) is 16.7. The smallest absolute Gasteiger partial charge is 0.263 e. The summed E-state index contributed by atoms with van der Waals surface area (Å²) in [5.74, 6) is 1.02. The number of allylic oxidation sites excluding steroid dienone is 2. The molecule has 0 radical (unpaired) electrons. The number of rotatable bonds is 2. The number of fused-ring (bicyclic) bond motifs is 1. The summed E-state index contributed by atoms with van der Waals surface area (Å²) in [5, 5.41) is 0. The van der Waals surface area contributed by atoms with E-state index in [1.807, 2.05) is 18.7 Å². The minimum Gasteiger partial charge on any atom is -0.338 e. The fourth-order valence-electron chi connectivity index (χ4n) is 4.22. The van der Waals surface area contributed by atoms with Gasteiger partial charge in [-0.1, -0.05) is 18.6 Å². The van der Waals surface area contributed by atoms with Crippen LogP contribution in [-0.2, 0) is 13.5 Å². The molecule has 1 aliphatic carbocycles. The van der Waals surface area contributed by atoms with Gasteiger partial charge in [0.25, 0.3) is 11.5 Å². The number of amides is 1. The van der Waals surface area contributed by atoms with Crippen molar-refractivity contribution in [2.75, 3.05) is 13.1 Å². The molecule has 0 saturated carbocycles. The molecule has 1 amide bonds. The molecule has 1 aromatic rings. The number of hydrogen-bond donors (Lipinski definition) is 0. The van der Waals surface area contributed by atoms with Gasteiger partial charge in [-0.25, -0.2) is 0 Å². The van der Waals surface area contributed by atoms with Gasteiger partial charge in [0.1, 0.15) is 5.56 Å². The molecular weight excluding hydrogens is 288 g/mol. The quantitative estimate of drug-likeness (QED) is 0.788. The molecule has 3 rings (SSSR count). The fourth-order valence-corrected chi connectivity index (χ4v) is 4.22. The van der Waals surface area contributed by atoms with Crippen LogP contribution in [0.2, 0.25) is 0 Å². The predicted molar refractivity (Wildman–Crippen MR) is 91.7 cm³/mol. The van der Waals surface area contributed by atoms with Gasteiger partial charge in [-0.15, -0.1) is 0 Å². The van der Waals surface area contributed by atoms with E-state index in [1.165, 1.54) is 5.57 Å². The van der Waals surface area contributed by atoms with Gasteiger partial charge in [-0.05, 0) is 56.6 Å². The standard InChI is InChI=1S/C19H26N2O2/c1-5-17-13(3)9-16(18(22)20(17)4)19(23)21-10-14-7-6-12(2)8-15(14)11-21/h6,9,14-15H,5,7-8,10-11H2,1-4H3/t14-,15+/m0/s1. The Morgan fingerprint density at radius 3 is 2.65 bits per heavy atom. The summed E-state index contributed by atoms with van der Waals surface area (Å²) < 4.78 is 1.64. The molecule has 0 bridgehead atoms. The molecule has 4 heteroatoms. The molecule has 2 aliphatic rings. The van der Waals surface area contributed by atoms with E-state index < -0.39 is 0 Å². The minimum atomic E-state index is -0.165. The number of nitrogens with zero attached hydrogens (tertiary/aromatic N) is 2. The highest BCUT2D eigenvalue weighted by Crippen LogP contribution is 2.36. The summed E-state index contributed by atoms with van der Waals surface area (Å²) in [6.45, 7) is 7.75. The van der Waals surface area contributed by atoms with E-state index in [-0.39, 0.29) is 11.5 Å². The van der Waals surface area contributed by atoms with E-state index in [9.17, 15) is 9.59 Å². The lowest BCUT2D eigenvalue weighted by Crippen LogP contribution is -2.36. The van der Waals surface area contributed by atoms with Gasteiger partial charge in [-0.2, -0.15) is 0 Å². The number of likely N-dealkylation sites (tertiary alicyclic amines) is 1. The van der Waals surface area contributed by atoms with Crippen molar-refractivity contribution in [2.45, 2.75) is 40.0 Å². The molecule has 23 heavy (non-hydrogen) atoms. The molecule has 0 aromatic carbocycles. The second-order valence-electron chi connectivity index (χ2n) is 7.13. The molecule has 1 saturated heterocycles. The van der Waals surface area contributed by atoms with Crippen LogP contribution < -0.4 is 5.56 Å². The van der Waals surface area contributed by atoms with Gasteiger partial charge in [0.2, 0.25) is 0 Å². The molecule has 124 valence electrons. The highest BCUT2D eigenvalue weighted by Gasteiger charge is 2.37. The van der Waals surface area contributed by atoms with E-state index in [4.69, 9.17) is 0 Å². The van der Waals surface area contributed by atoms with E-state index in [2.05, 4.69) is 13.0 Å². The minimum absolute atomic E-state index is 0.0941. The van der Waals surface area contributed by atoms with Crippen LogP contribution in [0.3, 0.4) is 0 Å². The van der Waals surface area contributed by atoms with E-state index in [1.54, 1.807) is 17.7 Å². The van der Waals surface area contributed by atoms with Gasteiger partial charge in [0, 0.05) is 25.8 Å². The normalized spacial score (nSPS) is 23.7. The molecule has 2 atom stereocenters. The molecule has 1 fully saturated rings. The van der Waals surface area contributed by atoms with Crippen molar-refractivity contribution in [2.24, 2.45) is 18.9 Å². The predicted octanol–water partition coefficient (Wildman–Crippen LogP) is 2.68. The number of aromatic nitrogens is 1. The molecule has 4 nitrogen and oxygen atoms in total. The van der Waals surface area contributed by atoms with Crippen molar-refractivity contribution < 1.29 is 4.79 Å². The number of aryl methyl sites for hydroxylation is 1. The van der Waals surface area contributed by atoms with E-state index in [0.717, 1.165) is 43.6 Å². The van der Waals surface area contributed by atoms with Crippen molar-refractivity contribution in [1.29, 1.82) is 0 Å². The Bertz CT molecular complexity index is 730. The highest BCUT2D eigenvalue weighted by molar-refractivity contribution is 5.94. The summed E-state index contributed by atoms with van der Waals surface area (Å²) in [6, 6.07) is 1.79. The topological polar surface area (TPSA) is 42.3 Å². The Morgan fingerprint density at radius 2 is 1.96 bits per heavy atom. The van der Waals surface area contributed by atoms with Crippen LogP contribution in [0.5, 0.6) is 0 Å². The molecule has 0 N–H and O–H groups in total. The summed E-state index contributed by atoms with van der Waals surface area (Å²) >= 11 is 0. The zero-order valence-corrected chi connectivity index (χ0v) is 14.6. The Kier molecular flexibility index (Phi) is 4.17. The molecule has 1 aromatic heterocycles. The molecule has 2 heterocycles. The summed E-state index contributed by atoms with van der Waals surface area (Å²) in [4.78, 5) is 27.4. The lowest BCUT2D eigenvalue weighted by Gasteiger charge is -2.21. The second-order valence-corrected chi connectivity index (χ2v) is 7.13. The van der Waals surface area contributed by atoms with E-state index in [0.29, 0.717) is 17.4 Å². The SMILES string of the molecule is CCc1c(C)cc(C(=O)N2C[C@H]3CC(C)=CC[C@H]3C2)c(=O)n1C. The van der Waals surface area contributed by atoms with Gasteiger partial charge in [-0.3, -0.25) is 9.59 Å². The number of carbonyl (C=O) groups is 1. The number of pyridine rings is 1. The molecule has 0 spiro atoms. The van der Waals surface area contributed by atoms with Gasteiger partial charge >= 0.3 is 0 Å². The van der Waals surface area contributed by atoms with E-state index >= 15 is 0 Å².